The lowest BCUT2D eigenvalue weighted by Gasteiger charge is -2.25. The molecule has 3 aromatic rings. The molecule has 2 N–H and O–H groups in total. The number of hydrogen-bond donors (Lipinski definition) is 2. The van der Waals surface area contributed by atoms with E-state index in [9.17, 15) is 28.6 Å². The second kappa shape index (κ2) is 8.53. The third-order valence-corrected chi connectivity index (χ3v) is 5.45. The minimum Gasteiger partial charge on any atom is -0.477 e. The van der Waals surface area contributed by atoms with E-state index < -0.39 is 34.6 Å². The first-order valence-corrected chi connectivity index (χ1v) is 9.67. The van der Waals surface area contributed by atoms with Crippen LogP contribution in [-0.4, -0.2) is 27.4 Å². The summed E-state index contributed by atoms with van der Waals surface area (Å²) < 4.78 is 30.6. The number of halogens is 3. The van der Waals surface area contributed by atoms with Crippen molar-refractivity contribution < 1.29 is 23.8 Å². The molecule has 8 heteroatoms. The number of aliphatic hydroxyl groups is 1. The first kappa shape index (κ1) is 21.9. The molecule has 0 radical (unpaired) electrons. The van der Waals surface area contributed by atoms with E-state index in [0.29, 0.717) is 0 Å². The Morgan fingerprint density at radius 1 is 1.20 bits per heavy atom. The highest BCUT2D eigenvalue weighted by Crippen LogP contribution is 2.27. The summed E-state index contributed by atoms with van der Waals surface area (Å²) in [6, 6.07) is 6.15. The lowest BCUT2D eigenvalue weighted by atomic mass is 9.99. The average Bonchev–Trinajstić information content (AvgIpc) is 2.68. The van der Waals surface area contributed by atoms with Gasteiger partial charge in [0.2, 0.25) is 5.43 Å². The van der Waals surface area contributed by atoms with E-state index in [1.165, 1.54) is 28.8 Å². The molecular weight excluding hydrogens is 416 g/mol. The third-order valence-electron chi connectivity index (χ3n) is 5.16. The molecule has 0 spiro atoms. The van der Waals surface area contributed by atoms with Gasteiger partial charge in [-0.25, -0.2) is 13.6 Å². The quantitative estimate of drug-likeness (QED) is 0.601. The summed E-state index contributed by atoms with van der Waals surface area (Å²) in [6.07, 6.45) is 0.960. The van der Waals surface area contributed by atoms with Crippen LogP contribution in [0.1, 0.15) is 41.4 Å². The molecule has 2 aromatic carbocycles. The van der Waals surface area contributed by atoms with E-state index in [4.69, 9.17) is 11.6 Å². The van der Waals surface area contributed by atoms with E-state index in [-0.39, 0.29) is 46.0 Å². The van der Waals surface area contributed by atoms with Gasteiger partial charge in [-0.1, -0.05) is 37.6 Å². The van der Waals surface area contributed by atoms with Crippen molar-refractivity contribution in [2.24, 2.45) is 5.92 Å². The predicted octanol–water partition coefficient (Wildman–Crippen LogP) is 4.41. The molecule has 0 unspecified atom stereocenters. The molecule has 3 rings (SSSR count). The van der Waals surface area contributed by atoms with Gasteiger partial charge in [-0.3, -0.25) is 4.79 Å². The fourth-order valence-corrected chi connectivity index (χ4v) is 3.68. The number of rotatable bonds is 6. The molecule has 5 nitrogen and oxygen atoms in total. The summed E-state index contributed by atoms with van der Waals surface area (Å²) in [7, 11) is 0. The Morgan fingerprint density at radius 3 is 2.50 bits per heavy atom. The van der Waals surface area contributed by atoms with Crippen LogP contribution >= 0.6 is 11.6 Å². The molecule has 0 aliphatic carbocycles. The molecule has 0 aliphatic rings. The van der Waals surface area contributed by atoms with Gasteiger partial charge in [-0.05, 0) is 35.2 Å². The van der Waals surface area contributed by atoms with Crippen LogP contribution in [0, 0.1) is 17.6 Å². The van der Waals surface area contributed by atoms with Crippen LogP contribution in [0.4, 0.5) is 8.78 Å². The molecule has 0 aliphatic heterocycles. The highest BCUT2D eigenvalue weighted by atomic mass is 35.5. The van der Waals surface area contributed by atoms with Gasteiger partial charge in [0.1, 0.15) is 17.2 Å². The van der Waals surface area contributed by atoms with Gasteiger partial charge in [0.15, 0.2) is 0 Å². The molecule has 0 bridgehead atoms. The molecule has 1 heterocycles. The van der Waals surface area contributed by atoms with Gasteiger partial charge in [-0.2, -0.15) is 0 Å². The summed E-state index contributed by atoms with van der Waals surface area (Å²) in [6.45, 7) is 3.31. The largest absolute Gasteiger partial charge is 0.477 e. The molecular formula is C22H20ClF2NO4. The SMILES string of the molecule is CC(C)[C@H](CO)n1cc(C(=O)O)c(=O)c2cc(Cc3cccc(Cl)c3F)c(F)cc21. The Hall–Kier alpha value is -2.77. The Bertz CT molecular complexity index is 1190. The number of benzene rings is 2. The van der Waals surface area contributed by atoms with Crippen LogP contribution in [0.15, 0.2) is 41.3 Å². The Kier molecular flexibility index (Phi) is 6.24. The molecule has 0 saturated carbocycles. The minimum atomic E-state index is -1.43. The maximum atomic E-state index is 14.9. The van der Waals surface area contributed by atoms with Gasteiger partial charge in [0, 0.05) is 18.0 Å². The van der Waals surface area contributed by atoms with Crippen molar-refractivity contribution in [3.63, 3.8) is 0 Å². The van der Waals surface area contributed by atoms with Gasteiger partial charge in [0.05, 0.1) is 23.2 Å². The Balaban J connectivity index is 2.28. The second-order valence-corrected chi connectivity index (χ2v) is 7.84. The van der Waals surface area contributed by atoms with Crippen molar-refractivity contribution in [3.05, 3.63) is 80.1 Å². The van der Waals surface area contributed by atoms with Crippen molar-refractivity contribution in [3.8, 4) is 0 Å². The fraction of sp³-hybridized carbons (Fsp3) is 0.273. The molecule has 0 saturated heterocycles. The number of aromatic nitrogens is 1. The summed E-state index contributed by atoms with van der Waals surface area (Å²) in [5.41, 5.74) is -0.938. The van der Waals surface area contributed by atoms with Crippen LogP contribution in [0.3, 0.4) is 0 Å². The van der Waals surface area contributed by atoms with Crippen molar-refractivity contribution >= 4 is 28.5 Å². The van der Waals surface area contributed by atoms with Crippen molar-refractivity contribution in [2.75, 3.05) is 6.61 Å². The minimum absolute atomic E-state index is 0.0205. The summed E-state index contributed by atoms with van der Waals surface area (Å²) in [4.78, 5) is 24.4. The average molecular weight is 436 g/mol. The maximum Gasteiger partial charge on any atom is 0.341 e. The first-order chi connectivity index (χ1) is 14.1. The zero-order valence-electron chi connectivity index (χ0n) is 16.3. The lowest BCUT2D eigenvalue weighted by Crippen LogP contribution is -2.25. The van der Waals surface area contributed by atoms with Crippen molar-refractivity contribution in [1.29, 1.82) is 0 Å². The van der Waals surface area contributed by atoms with Crippen LogP contribution < -0.4 is 5.43 Å². The molecule has 0 fully saturated rings. The number of fused-ring (bicyclic) bond motifs is 1. The molecule has 1 atom stereocenters. The van der Waals surface area contributed by atoms with Crippen LogP contribution in [0.2, 0.25) is 5.02 Å². The summed E-state index contributed by atoms with van der Waals surface area (Å²) in [5.74, 6) is -2.91. The molecule has 1 aromatic heterocycles. The van der Waals surface area contributed by atoms with Gasteiger partial charge >= 0.3 is 5.97 Å². The number of nitrogens with zero attached hydrogens (tertiary/aromatic N) is 1. The summed E-state index contributed by atoms with van der Waals surface area (Å²) >= 11 is 5.79. The molecule has 158 valence electrons. The third kappa shape index (κ3) is 3.95. The van der Waals surface area contributed by atoms with Crippen molar-refractivity contribution in [2.45, 2.75) is 26.3 Å². The Labute approximate surface area is 176 Å². The van der Waals surface area contributed by atoms with Crippen LogP contribution in [0.25, 0.3) is 10.9 Å². The second-order valence-electron chi connectivity index (χ2n) is 7.43. The lowest BCUT2D eigenvalue weighted by molar-refractivity contribution is 0.0694. The zero-order valence-corrected chi connectivity index (χ0v) is 17.1. The maximum absolute atomic E-state index is 14.9. The fourth-order valence-electron chi connectivity index (χ4n) is 3.49. The van der Waals surface area contributed by atoms with E-state index >= 15 is 0 Å². The van der Waals surface area contributed by atoms with Gasteiger partial charge < -0.3 is 14.8 Å². The number of hydrogen-bond acceptors (Lipinski definition) is 3. The smallest absolute Gasteiger partial charge is 0.341 e. The van der Waals surface area contributed by atoms with Gasteiger partial charge in [0.25, 0.3) is 0 Å². The monoisotopic (exact) mass is 435 g/mol. The molecule has 0 amide bonds. The topological polar surface area (TPSA) is 79.5 Å². The van der Waals surface area contributed by atoms with Crippen LogP contribution in [-0.2, 0) is 6.42 Å². The number of carboxylic acids is 1. The van der Waals surface area contributed by atoms with E-state index in [1.807, 2.05) is 13.8 Å². The predicted molar refractivity (Wildman–Crippen MR) is 110 cm³/mol. The number of pyridine rings is 1. The highest BCUT2D eigenvalue weighted by molar-refractivity contribution is 6.30. The van der Waals surface area contributed by atoms with Gasteiger partial charge in [-0.15, -0.1) is 0 Å². The van der Waals surface area contributed by atoms with Crippen molar-refractivity contribution in [1.82, 2.24) is 4.57 Å². The summed E-state index contributed by atoms with van der Waals surface area (Å²) in [5, 5.41) is 19.1. The molecule has 30 heavy (non-hydrogen) atoms. The first-order valence-electron chi connectivity index (χ1n) is 9.30. The number of aliphatic hydroxyl groups excluding tert-OH is 1. The number of carbonyl (C=O) groups is 1. The Morgan fingerprint density at radius 2 is 1.90 bits per heavy atom. The number of carboxylic acid groups (broad SMARTS) is 1. The zero-order chi connectivity index (χ0) is 22.2. The van der Waals surface area contributed by atoms with E-state index in [2.05, 4.69) is 0 Å². The number of aromatic carboxylic acids is 1. The van der Waals surface area contributed by atoms with E-state index in [0.717, 1.165) is 12.3 Å². The van der Waals surface area contributed by atoms with Crippen LogP contribution in [0.5, 0.6) is 0 Å². The normalized spacial score (nSPS) is 12.5. The highest BCUT2D eigenvalue weighted by Gasteiger charge is 2.22. The standard InChI is InChI=1S/C22H20ClF2NO4/c1-11(2)19(10-27)26-9-15(22(29)30)21(28)14-7-13(17(24)8-18(14)26)6-12-4-3-5-16(23)20(12)25/h3-5,7-9,11,19,27H,6,10H2,1-2H3,(H,29,30)/t19-/m0/s1. The van der Waals surface area contributed by atoms with E-state index in [1.54, 1.807) is 0 Å².